The van der Waals surface area contributed by atoms with Gasteiger partial charge < -0.3 is 9.84 Å². The fourth-order valence-corrected chi connectivity index (χ4v) is 1.81. The minimum Gasteiger partial charge on any atom is -0.504 e. The Morgan fingerprint density at radius 3 is 2.58 bits per heavy atom. The summed E-state index contributed by atoms with van der Waals surface area (Å²) in [5.74, 6) is -2.41. The number of hydrogen-bond donors (Lipinski definition) is 1. The molecule has 0 saturated heterocycles. The van der Waals surface area contributed by atoms with Crippen LogP contribution in [0.25, 0.3) is 0 Å². The van der Waals surface area contributed by atoms with E-state index in [0.717, 1.165) is 5.56 Å². The van der Waals surface area contributed by atoms with Crippen LogP contribution in [0.3, 0.4) is 0 Å². The Bertz CT molecular complexity index is 599. The van der Waals surface area contributed by atoms with Crippen molar-refractivity contribution >= 4 is 21.9 Å². The topological polar surface area (TPSA) is 46.5 Å². The molecule has 0 atom stereocenters. The van der Waals surface area contributed by atoms with Crippen LogP contribution in [0.5, 0.6) is 5.75 Å². The van der Waals surface area contributed by atoms with E-state index in [9.17, 15) is 14.3 Å². The largest absolute Gasteiger partial charge is 0.504 e. The minimum absolute atomic E-state index is 0.0515. The van der Waals surface area contributed by atoms with E-state index in [2.05, 4.69) is 15.9 Å². The van der Waals surface area contributed by atoms with Crippen LogP contribution in [0.15, 0.2) is 46.9 Å². The van der Waals surface area contributed by atoms with Gasteiger partial charge >= 0.3 is 5.97 Å². The number of aromatic hydroxyl groups is 1. The molecule has 0 unspecified atom stereocenters. The molecule has 0 aliphatic rings. The molecule has 0 aromatic heterocycles. The number of benzene rings is 2. The van der Waals surface area contributed by atoms with E-state index in [0.29, 0.717) is 0 Å². The molecule has 0 aliphatic carbocycles. The maximum atomic E-state index is 13.7. The predicted molar refractivity (Wildman–Crippen MR) is 71.3 cm³/mol. The fourth-order valence-electron chi connectivity index (χ4n) is 1.50. The summed E-state index contributed by atoms with van der Waals surface area (Å²) in [4.78, 5) is 11.7. The molecule has 0 heterocycles. The van der Waals surface area contributed by atoms with Crippen molar-refractivity contribution in [2.45, 2.75) is 6.61 Å². The van der Waals surface area contributed by atoms with Gasteiger partial charge in [0.1, 0.15) is 6.61 Å². The number of hydrogen-bond acceptors (Lipinski definition) is 3. The van der Waals surface area contributed by atoms with Crippen molar-refractivity contribution < 1.29 is 19.0 Å². The van der Waals surface area contributed by atoms with E-state index in [1.165, 1.54) is 12.1 Å². The Morgan fingerprint density at radius 1 is 1.21 bits per heavy atom. The quantitative estimate of drug-likeness (QED) is 0.876. The van der Waals surface area contributed by atoms with Crippen LogP contribution in [0.1, 0.15) is 15.9 Å². The number of carbonyl (C=O) groups excluding carboxylic acids is 1. The molecule has 5 heteroatoms. The van der Waals surface area contributed by atoms with Gasteiger partial charge in [0.25, 0.3) is 0 Å². The van der Waals surface area contributed by atoms with Gasteiger partial charge in [0.15, 0.2) is 11.6 Å². The number of ether oxygens (including phenoxy) is 1. The van der Waals surface area contributed by atoms with Crippen molar-refractivity contribution in [1.29, 1.82) is 0 Å². The van der Waals surface area contributed by atoms with Crippen LogP contribution in [0.4, 0.5) is 4.39 Å². The summed E-state index contributed by atoms with van der Waals surface area (Å²) in [6.45, 7) is 0.0515. The first-order chi connectivity index (χ1) is 9.09. The molecule has 1 N–H and O–H groups in total. The Morgan fingerprint density at radius 2 is 1.89 bits per heavy atom. The fraction of sp³-hybridized carbons (Fsp3) is 0.0714. The SMILES string of the molecule is O=C(OCc1ccccc1)c1ccc(Br)c(O)c1F. The summed E-state index contributed by atoms with van der Waals surface area (Å²) in [5, 5.41) is 9.39. The number of esters is 1. The molecule has 2 aromatic rings. The second-order valence-corrected chi connectivity index (χ2v) is 4.67. The molecule has 19 heavy (non-hydrogen) atoms. The second kappa shape index (κ2) is 5.84. The molecule has 3 nitrogen and oxygen atoms in total. The van der Waals surface area contributed by atoms with Gasteiger partial charge in [0.2, 0.25) is 0 Å². The summed E-state index contributed by atoms with van der Waals surface area (Å²) in [7, 11) is 0. The van der Waals surface area contributed by atoms with Crippen molar-refractivity contribution in [2.24, 2.45) is 0 Å². The van der Waals surface area contributed by atoms with Crippen molar-refractivity contribution in [3.05, 3.63) is 63.9 Å². The summed E-state index contributed by atoms with van der Waals surface area (Å²) < 4.78 is 18.8. The Kier molecular flexibility index (Phi) is 4.16. The third kappa shape index (κ3) is 3.12. The van der Waals surface area contributed by atoms with Crippen molar-refractivity contribution in [2.75, 3.05) is 0 Å². The van der Waals surface area contributed by atoms with Crippen LogP contribution in [0, 0.1) is 5.82 Å². The zero-order chi connectivity index (χ0) is 13.8. The number of carbonyl (C=O) groups is 1. The first-order valence-corrected chi connectivity index (χ1v) is 6.27. The van der Waals surface area contributed by atoms with Crippen LogP contribution < -0.4 is 0 Å². The van der Waals surface area contributed by atoms with Crippen molar-refractivity contribution in [3.8, 4) is 5.75 Å². The zero-order valence-electron chi connectivity index (χ0n) is 9.77. The van der Waals surface area contributed by atoms with Gasteiger partial charge in [-0.3, -0.25) is 0 Å². The lowest BCUT2D eigenvalue weighted by molar-refractivity contribution is 0.0466. The van der Waals surface area contributed by atoms with E-state index in [1.807, 2.05) is 18.2 Å². The average molecular weight is 325 g/mol. The molecule has 0 saturated carbocycles. The lowest BCUT2D eigenvalue weighted by Crippen LogP contribution is -2.07. The number of phenolic OH excluding ortho intramolecular Hbond substituents is 1. The lowest BCUT2D eigenvalue weighted by Gasteiger charge is -2.07. The van der Waals surface area contributed by atoms with Gasteiger partial charge in [-0.2, -0.15) is 0 Å². The molecular weight excluding hydrogens is 315 g/mol. The molecule has 0 aliphatic heterocycles. The van der Waals surface area contributed by atoms with E-state index in [1.54, 1.807) is 12.1 Å². The molecule has 2 rings (SSSR count). The molecule has 0 fully saturated rings. The van der Waals surface area contributed by atoms with Crippen molar-refractivity contribution in [3.63, 3.8) is 0 Å². The third-order valence-electron chi connectivity index (χ3n) is 2.50. The molecular formula is C14H10BrFO3. The van der Waals surface area contributed by atoms with Crippen LogP contribution >= 0.6 is 15.9 Å². The minimum atomic E-state index is -0.993. The first kappa shape index (κ1) is 13.5. The summed E-state index contributed by atoms with van der Waals surface area (Å²) >= 11 is 2.96. The van der Waals surface area contributed by atoms with Gasteiger partial charge in [-0.1, -0.05) is 30.3 Å². The average Bonchev–Trinajstić information content (AvgIpc) is 2.43. The van der Waals surface area contributed by atoms with E-state index in [-0.39, 0.29) is 16.6 Å². The lowest BCUT2D eigenvalue weighted by atomic mass is 10.2. The Balaban J connectivity index is 2.11. The number of halogens is 2. The molecule has 0 spiro atoms. The smallest absolute Gasteiger partial charge is 0.341 e. The highest BCUT2D eigenvalue weighted by atomic mass is 79.9. The van der Waals surface area contributed by atoms with Crippen LogP contribution in [0.2, 0.25) is 0 Å². The highest BCUT2D eigenvalue weighted by Gasteiger charge is 2.18. The standard InChI is InChI=1S/C14H10BrFO3/c15-11-7-6-10(12(16)13(11)17)14(18)19-8-9-4-2-1-3-5-9/h1-7,17H,8H2. The molecule has 2 aromatic carbocycles. The van der Waals surface area contributed by atoms with Crippen molar-refractivity contribution in [1.82, 2.24) is 0 Å². The zero-order valence-corrected chi connectivity index (χ0v) is 11.4. The second-order valence-electron chi connectivity index (χ2n) is 3.82. The summed E-state index contributed by atoms with van der Waals surface area (Å²) in [5.41, 5.74) is 0.509. The van der Waals surface area contributed by atoms with E-state index >= 15 is 0 Å². The molecule has 0 radical (unpaired) electrons. The van der Waals surface area contributed by atoms with Gasteiger partial charge in [-0.05, 0) is 33.6 Å². The molecule has 98 valence electrons. The van der Waals surface area contributed by atoms with E-state index in [4.69, 9.17) is 4.74 Å². The number of phenols is 1. The predicted octanol–water partition coefficient (Wildman–Crippen LogP) is 3.65. The first-order valence-electron chi connectivity index (χ1n) is 5.47. The normalized spacial score (nSPS) is 10.2. The highest BCUT2D eigenvalue weighted by molar-refractivity contribution is 9.10. The Labute approximate surface area is 117 Å². The summed E-state index contributed by atoms with van der Waals surface area (Å²) in [6.07, 6.45) is 0. The Hall–Kier alpha value is -1.88. The van der Waals surface area contributed by atoms with Crippen LogP contribution in [-0.2, 0) is 11.3 Å². The third-order valence-corrected chi connectivity index (χ3v) is 3.14. The maximum Gasteiger partial charge on any atom is 0.341 e. The van der Waals surface area contributed by atoms with Gasteiger partial charge in [0.05, 0.1) is 10.0 Å². The van der Waals surface area contributed by atoms with Gasteiger partial charge in [-0.25, -0.2) is 9.18 Å². The maximum absolute atomic E-state index is 13.7. The molecule has 0 bridgehead atoms. The van der Waals surface area contributed by atoms with Gasteiger partial charge in [0, 0.05) is 0 Å². The highest BCUT2D eigenvalue weighted by Crippen LogP contribution is 2.29. The van der Waals surface area contributed by atoms with Gasteiger partial charge in [-0.15, -0.1) is 0 Å². The monoisotopic (exact) mass is 324 g/mol. The molecule has 0 amide bonds. The van der Waals surface area contributed by atoms with Crippen LogP contribution in [-0.4, -0.2) is 11.1 Å². The summed E-state index contributed by atoms with van der Waals surface area (Å²) in [6, 6.07) is 11.7. The van der Waals surface area contributed by atoms with E-state index < -0.39 is 17.5 Å². The number of rotatable bonds is 3.